The fraction of sp³-hybridized carbons (Fsp3) is 0.182. The number of alkyl halides is 1. The molecule has 1 aromatic carbocycles. The van der Waals surface area contributed by atoms with Crippen LogP contribution in [0, 0.1) is 6.92 Å². The molecule has 1 heterocycles. The van der Waals surface area contributed by atoms with Gasteiger partial charge in [-0.3, -0.25) is 0 Å². The summed E-state index contributed by atoms with van der Waals surface area (Å²) < 4.78 is 2.02. The molecule has 0 saturated carbocycles. The largest absolute Gasteiger partial charge is 0.302 e. The normalized spacial score (nSPS) is 9.73. The first-order chi connectivity index (χ1) is 6.81. The predicted octanol–water partition coefficient (Wildman–Crippen LogP) is 3.34. The molecule has 0 amide bonds. The second-order valence-corrected chi connectivity index (χ2v) is 3.40. The summed E-state index contributed by atoms with van der Waals surface area (Å²) in [5.41, 5.74) is 2.09. The van der Waals surface area contributed by atoms with Gasteiger partial charge in [-0.05, 0) is 19.1 Å². The molecule has 80 valence electrons. The Hall–Kier alpha value is -0.990. The van der Waals surface area contributed by atoms with Gasteiger partial charge in [0.1, 0.15) is 5.82 Å². The van der Waals surface area contributed by atoms with E-state index in [4.69, 9.17) is 11.6 Å². The van der Waals surface area contributed by atoms with Crippen molar-refractivity contribution in [3.05, 3.63) is 48.0 Å². The Morgan fingerprint density at radius 2 is 1.93 bits per heavy atom. The second kappa shape index (κ2) is 5.19. The molecule has 15 heavy (non-hydrogen) atoms. The first-order valence-electron chi connectivity index (χ1n) is 4.47. The van der Waals surface area contributed by atoms with E-state index in [2.05, 4.69) is 4.98 Å². The van der Waals surface area contributed by atoms with Crippen LogP contribution < -0.4 is 0 Å². The van der Waals surface area contributed by atoms with Crippen LogP contribution in [0.4, 0.5) is 0 Å². The van der Waals surface area contributed by atoms with Crippen LogP contribution in [0.1, 0.15) is 11.5 Å². The highest BCUT2D eigenvalue weighted by Crippen LogP contribution is 2.13. The zero-order valence-electron chi connectivity index (χ0n) is 8.35. The molecule has 0 fully saturated rings. The highest BCUT2D eigenvalue weighted by atomic mass is 35.5. The molecule has 0 radical (unpaired) electrons. The van der Waals surface area contributed by atoms with E-state index in [1.807, 2.05) is 48.0 Å². The quantitative estimate of drug-likeness (QED) is 0.739. The number of hydrogen-bond acceptors (Lipinski definition) is 1. The van der Waals surface area contributed by atoms with Gasteiger partial charge in [-0.25, -0.2) is 4.98 Å². The van der Waals surface area contributed by atoms with Gasteiger partial charge in [-0.15, -0.1) is 24.0 Å². The molecule has 0 aliphatic rings. The van der Waals surface area contributed by atoms with Crippen molar-refractivity contribution in [2.24, 2.45) is 0 Å². The molecule has 0 bridgehead atoms. The molecule has 4 heteroatoms. The molecular weight excluding hydrogens is 231 g/mol. The summed E-state index contributed by atoms with van der Waals surface area (Å²) in [5.74, 6) is 1.32. The van der Waals surface area contributed by atoms with Gasteiger partial charge in [-0.1, -0.05) is 18.2 Å². The number of rotatable bonds is 2. The van der Waals surface area contributed by atoms with Crippen LogP contribution in [0.5, 0.6) is 0 Å². The molecule has 0 unspecified atom stereocenters. The smallest absolute Gasteiger partial charge is 0.128 e. The van der Waals surface area contributed by atoms with Crippen molar-refractivity contribution in [2.45, 2.75) is 12.8 Å². The minimum absolute atomic E-state index is 0. The Bertz CT molecular complexity index is 423. The first kappa shape index (κ1) is 12.1. The van der Waals surface area contributed by atoms with E-state index in [0.717, 1.165) is 17.2 Å². The molecule has 2 nitrogen and oxygen atoms in total. The number of para-hydroxylation sites is 1. The fourth-order valence-corrected chi connectivity index (χ4v) is 1.64. The molecule has 2 rings (SSSR count). The minimum Gasteiger partial charge on any atom is -0.302 e. The predicted molar refractivity (Wildman–Crippen MR) is 65.1 cm³/mol. The Morgan fingerprint density at radius 3 is 2.53 bits per heavy atom. The van der Waals surface area contributed by atoms with Crippen molar-refractivity contribution in [1.82, 2.24) is 9.55 Å². The van der Waals surface area contributed by atoms with E-state index in [9.17, 15) is 0 Å². The molecule has 0 spiro atoms. The van der Waals surface area contributed by atoms with Crippen molar-refractivity contribution in [2.75, 3.05) is 0 Å². The number of halogens is 2. The van der Waals surface area contributed by atoms with Gasteiger partial charge in [0.15, 0.2) is 0 Å². The Morgan fingerprint density at radius 1 is 1.27 bits per heavy atom. The molecule has 2 aromatic rings. The van der Waals surface area contributed by atoms with E-state index < -0.39 is 0 Å². The van der Waals surface area contributed by atoms with Gasteiger partial charge in [0.25, 0.3) is 0 Å². The summed E-state index contributed by atoms with van der Waals surface area (Å²) in [6.45, 7) is 1.97. The summed E-state index contributed by atoms with van der Waals surface area (Å²) in [5, 5.41) is 0. The van der Waals surface area contributed by atoms with E-state index in [-0.39, 0.29) is 12.4 Å². The van der Waals surface area contributed by atoms with Gasteiger partial charge in [-0.2, -0.15) is 0 Å². The zero-order chi connectivity index (χ0) is 9.97. The van der Waals surface area contributed by atoms with Crippen LogP contribution in [-0.2, 0) is 5.88 Å². The van der Waals surface area contributed by atoms with Crippen LogP contribution in [0.25, 0.3) is 5.69 Å². The van der Waals surface area contributed by atoms with E-state index in [1.165, 1.54) is 0 Å². The van der Waals surface area contributed by atoms with Gasteiger partial charge in [0.2, 0.25) is 0 Å². The Kier molecular flexibility index (Phi) is 4.18. The van der Waals surface area contributed by atoms with Gasteiger partial charge >= 0.3 is 0 Å². The highest BCUT2D eigenvalue weighted by molar-refractivity contribution is 6.16. The van der Waals surface area contributed by atoms with Crippen LogP contribution in [0.2, 0.25) is 0 Å². The molecule has 0 aliphatic heterocycles. The maximum Gasteiger partial charge on any atom is 0.128 e. The average molecular weight is 243 g/mol. The molecule has 0 atom stereocenters. The fourth-order valence-electron chi connectivity index (χ4n) is 1.45. The van der Waals surface area contributed by atoms with Gasteiger partial charge < -0.3 is 4.57 Å². The second-order valence-electron chi connectivity index (χ2n) is 3.14. The SMILES string of the molecule is Cc1cn(-c2ccccc2)c(CCl)n1.Cl. The van der Waals surface area contributed by atoms with E-state index in [0.29, 0.717) is 5.88 Å². The summed E-state index contributed by atoms with van der Waals surface area (Å²) in [6.07, 6.45) is 1.99. The van der Waals surface area contributed by atoms with E-state index >= 15 is 0 Å². The van der Waals surface area contributed by atoms with Crippen molar-refractivity contribution >= 4 is 24.0 Å². The number of imidazole rings is 1. The maximum absolute atomic E-state index is 5.81. The lowest BCUT2D eigenvalue weighted by Crippen LogP contribution is -1.97. The van der Waals surface area contributed by atoms with Crippen LogP contribution in [-0.4, -0.2) is 9.55 Å². The lowest BCUT2D eigenvalue weighted by Gasteiger charge is -2.04. The Labute approximate surface area is 100 Å². The molecule has 0 saturated heterocycles. The topological polar surface area (TPSA) is 17.8 Å². The summed E-state index contributed by atoms with van der Waals surface area (Å²) >= 11 is 5.81. The maximum atomic E-state index is 5.81. The Balaban J connectivity index is 0.00000112. The van der Waals surface area contributed by atoms with Crippen molar-refractivity contribution in [1.29, 1.82) is 0 Å². The summed E-state index contributed by atoms with van der Waals surface area (Å²) in [6, 6.07) is 10.1. The number of aromatic nitrogens is 2. The lowest BCUT2D eigenvalue weighted by atomic mass is 10.3. The van der Waals surface area contributed by atoms with Gasteiger partial charge in [0, 0.05) is 11.9 Å². The lowest BCUT2D eigenvalue weighted by molar-refractivity contribution is 0.957. The number of benzene rings is 1. The van der Waals surface area contributed by atoms with Crippen LogP contribution in [0.15, 0.2) is 36.5 Å². The number of aryl methyl sites for hydroxylation is 1. The average Bonchev–Trinajstić information content (AvgIpc) is 2.61. The minimum atomic E-state index is 0. The summed E-state index contributed by atoms with van der Waals surface area (Å²) in [4.78, 5) is 4.34. The molecule has 0 aliphatic carbocycles. The number of hydrogen-bond donors (Lipinski definition) is 0. The van der Waals surface area contributed by atoms with Gasteiger partial charge in [0.05, 0.1) is 11.6 Å². The third-order valence-electron chi connectivity index (χ3n) is 2.05. The van der Waals surface area contributed by atoms with Crippen LogP contribution >= 0.6 is 24.0 Å². The number of nitrogens with zero attached hydrogens (tertiary/aromatic N) is 2. The summed E-state index contributed by atoms with van der Waals surface area (Å²) in [7, 11) is 0. The molecular formula is C11H12Cl2N2. The standard InChI is InChI=1S/C11H11ClN2.ClH/c1-9-8-14(11(7-12)13-9)10-5-3-2-4-6-10;/h2-6,8H,7H2,1H3;1H. The monoisotopic (exact) mass is 242 g/mol. The third-order valence-corrected chi connectivity index (χ3v) is 2.29. The van der Waals surface area contributed by atoms with Crippen molar-refractivity contribution < 1.29 is 0 Å². The molecule has 1 aromatic heterocycles. The first-order valence-corrected chi connectivity index (χ1v) is 5.01. The highest BCUT2D eigenvalue weighted by Gasteiger charge is 2.04. The van der Waals surface area contributed by atoms with Crippen molar-refractivity contribution in [3.8, 4) is 5.69 Å². The van der Waals surface area contributed by atoms with Crippen molar-refractivity contribution in [3.63, 3.8) is 0 Å². The van der Waals surface area contributed by atoms with E-state index in [1.54, 1.807) is 0 Å². The zero-order valence-corrected chi connectivity index (χ0v) is 9.92. The van der Waals surface area contributed by atoms with Crippen LogP contribution in [0.3, 0.4) is 0 Å². The third kappa shape index (κ3) is 2.52. The molecule has 0 N–H and O–H groups in total.